The number of H-pyrrole nitrogens is 3. The van der Waals surface area contributed by atoms with Gasteiger partial charge in [-0.1, -0.05) is 90.8 Å². The molecule has 8 fully saturated rings. The molecule has 12 nitrogen and oxygen atoms in total. The maximum Gasteiger partial charge on any atom is 1.00 e. The van der Waals surface area contributed by atoms with Crippen LogP contribution < -0.4 is 29.6 Å². The predicted octanol–water partition coefficient (Wildman–Crippen LogP) is 9.69. The van der Waals surface area contributed by atoms with Crippen LogP contribution in [0.15, 0.2) is 55.0 Å². The minimum absolute atomic E-state index is 0. The van der Waals surface area contributed by atoms with E-state index in [4.69, 9.17) is 0 Å². The Labute approximate surface area is 548 Å². The molecule has 87 heavy (non-hydrogen) atoms. The van der Waals surface area contributed by atoms with Crippen molar-refractivity contribution in [1.29, 1.82) is 0 Å². The van der Waals surface area contributed by atoms with E-state index in [9.17, 15) is 19.5 Å². The Hall–Kier alpha value is -3.20. The molecule has 14 rings (SSSR count). The maximum atomic E-state index is 12.3. The zero-order chi connectivity index (χ0) is 59.7. The van der Waals surface area contributed by atoms with Gasteiger partial charge in [0.1, 0.15) is 18.9 Å². The Morgan fingerprint density at radius 2 is 0.885 bits per heavy atom. The van der Waals surface area contributed by atoms with Crippen LogP contribution in [0.3, 0.4) is 0 Å². The Kier molecular flexibility index (Phi) is 20.3. The van der Waals surface area contributed by atoms with Crippen LogP contribution >= 0.6 is 0 Å². The van der Waals surface area contributed by atoms with Crippen molar-refractivity contribution in [2.45, 2.75) is 196 Å². The fourth-order valence-electron chi connectivity index (χ4n) is 22.4. The van der Waals surface area contributed by atoms with Crippen LogP contribution in [-0.4, -0.2) is 119 Å². The zero-order valence-electron chi connectivity index (χ0n) is 55.9. The summed E-state index contributed by atoms with van der Waals surface area (Å²) in [5.41, 5.74) is 12.6. The van der Waals surface area contributed by atoms with Crippen LogP contribution in [-0.2, 0) is 52.9 Å². The summed E-state index contributed by atoms with van der Waals surface area (Å²) < 4.78 is 0. The summed E-state index contributed by atoms with van der Waals surface area (Å²) in [5.74, 6) is 5.16. The van der Waals surface area contributed by atoms with Gasteiger partial charge in [-0.15, -0.1) is 0 Å². The number of hydrogen-bond donors (Lipinski definition) is 4. The summed E-state index contributed by atoms with van der Waals surface area (Å²) in [6.07, 6.45) is 37.4. The van der Waals surface area contributed by atoms with E-state index < -0.39 is 0 Å². The van der Waals surface area contributed by atoms with E-state index >= 15 is 0 Å². The largest absolute Gasteiger partial charge is 1.00 e. The molecule has 14 heteroatoms. The number of piperidine rings is 2. The number of hydrogen-bond acceptors (Lipinski definition) is 9. The molecule has 6 saturated carbocycles. The molecule has 3 aromatic heterocycles. The molecule has 469 valence electrons. The summed E-state index contributed by atoms with van der Waals surface area (Å²) in [6, 6.07) is 0. The minimum Gasteiger partial charge on any atom is -1.00 e. The van der Waals surface area contributed by atoms with Gasteiger partial charge in [0.15, 0.2) is 0 Å². The molecule has 2 saturated heterocycles. The molecule has 0 bridgehead atoms. The first-order valence-electron chi connectivity index (χ1n) is 34.3. The van der Waals surface area contributed by atoms with E-state index in [0.29, 0.717) is 52.8 Å². The first-order chi connectivity index (χ1) is 40.8. The number of aldehydes is 3. The number of aromatic amines is 3. The van der Waals surface area contributed by atoms with E-state index in [1.165, 1.54) is 187 Å². The van der Waals surface area contributed by atoms with Crippen molar-refractivity contribution in [3.63, 3.8) is 0 Å². The number of nitrogens with zero attached hydrogens (tertiary/aromatic N) is 5. The SMILES string of the molecule is C=C1CC[C@H]2[C@H](C=O)[C@@H]([C@@]3(C)Cc4cn[nH]c4C[C@@H]3C=O)CC[C@]12C.C=C1CC[C@H]2[C@H](CN3CCCCC3)[C@@H]([C@@]3(C)Cc4cn[nH]c4C[C@@H]3C=O)CC[C@]12C.C=C1CC[C@H]2[C@H](CN3CCCCC3)[C@@H]([C@@]3(C)Cc4cn[nH]c4C[C@@H]3CO)CC[C@]12C.[B].[H-].[Na+]. The van der Waals surface area contributed by atoms with Gasteiger partial charge in [0.2, 0.25) is 0 Å². The topological polar surface area (TPSA) is 164 Å². The van der Waals surface area contributed by atoms with Crippen molar-refractivity contribution >= 4 is 27.3 Å². The van der Waals surface area contributed by atoms with E-state index in [1.807, 2.05) is 18.6 Å². The Morgan fingerprint density at radius 1 is 0.517 bits per heavy atom. The molecule has 4 N–H and O–H groups in total. The van der Waals surface area contributed by atoms with Gasteiger partial charge in [0, 0.05) is 62.9 Å². The van der Waals surface area contributed by atoms with Gasteiger partial charge in [-0.2, -0.15) is 15.3 Å². The third-order valence-electron chi connectivity index (χ3n) is 28.2. The molecule has 18 atom stereocenters. The molecule has 9 aliphatic carbocycles. The van der Waals surface area contributed by atoms with Crippen molar-refractivity contribution in [2.24, 2.45) is 104 Å². The second-order valence-corrected chi connectivity index (χ2v) is 31.8. The summed E-state index contributed by atoms with van der Waals surface area (Å²) in [7, 11) is 0. The molecular weight excluding hydrogens is 1090 g/mol. The van der Waals surface area contributed by atoms with Gasteiger partial charge in [-0.3, -0.25) is 15.3 Å². The second kappa shape index (κ2) is 26.4. The number of likely N-dealkylation sites (tertiary alicyclic amines) is 2. The maximum absolute atomic E-state index is 12.3. The molecule has 0 spiro atoms. The smallest absolute Gasteiger partial charge is 1.00 e. The van der Waals surface area contributed by atoms with E-state index in [0.717, 1.165) is 81.6 Å². The molecule has 2 aliphatic heterocycles. The molecule has 3 radical (unpaired) electrons. The molecular formula is C73H109BN8NaO4. The number of carbonyl (C=O) groups excluding carboxylic acids is 3. The van der Waals surface area contributed by atoms with Crippen LogP contribution in [0.25, 0.3) is 0 Å². The number of allylic oxidation sites excluding steroid dienone is 3. The monoisotopic (exact) mass is 1200 g/mol. The van der Waals surface area contributed by atoms with Gasteiger partial charge in [-0.25, -0.2) is 0 Å². The van der Waals surface area contributed by atoms with Crippen molar-refractivity contribution in [3.05, 3.63) is 88.8 Å². The van der Waals surface area contributed by atoms with Crippen LogP contribution in [0.2, 0.25) is 0 Å². The van der Waals surface area contributed by atoms with Gasteiger partial charge in [0.25, 0.3) is 0 Å². The molecule has 5 heterocycles. The minimum atomic E-state index is -0.171. The van der Waals surface area contributed by atoms with Gasteiger partial charge < -0.3 is 30.7 Å². The predicted molar refractivity (Wildman–Crippen MR) is 344 cm³/mol. The number of carbonyl (C=O) groups is 3. The van der Waals surface area contributed by atoms with Gasteiger partial charge >= 0.3 is 29.6 Å². The Morgan fingerprint density at radius 3 is 1.30 bits per heavy atom. The van der Waals surface area contributed by atoms with E-state index in [1.54, 1.807) is 0 Å². The third-order valence-corrected chi connectivity index (χ3v) is 28.2. The summed E-state index contributed by atoms with van der Waals surface area (Å²) in [6.45, 7) is 35.7. The average Bonchev–Trinajstić information content (AvgIpc) is 1.50. The van der Waals surface area contributed by atoms with Crippen LogP contribution in [0.1, 0.15) is 192 Å². The second-order valence-electron chi connectivity index (χ2n) is 31.8. The molecule has 0 aromatic carbocycles. The summed E-state index contributed by atoms with van der Waals surface area (Å²) >= 11 is 0. The number of aliphatic hydroxyl groups excluding tert-OH is 1. The molecule has 3 aromatic rings. The van der Waals surface area contributed by atoms with E-state index in [2.05, 4.69) is 102 Å². The van der Waals surface area contributed by atoms with Crippen molar-refractivity contribution in [1.82, 2.24) is 40.4 Å². The number of aromatic nitrogens is 6. The van der Waals surface area contributed by atoms with Gasteiger partial charge in [-0.05, 0) is 270 Å². The first kappa shape index (κ1) is 66.7. The number of fused-ring (bicyclic) bond motifs is 6. The quantitative estimate of drug-likeness (QED) is 0.0832. The first-order valence-corrected chi connectivity index (χ1v) is 34.3. The third kappa shape index (κ3) is 11.7. The van der Waals surface area contributed by atoms with E-state index in [-0.39, 0.29) is 91.3 Å². The number of rotatable bonds is 11. The fraction of sp³-hybridized carbons (Fsp3) is 0.753. The van der Waals surface area contributed by atoms with Crippen LogP contribution in [0.4, 0.5) is 0 Å². The van der Waals surface area contributed by atoms with Gasteiger partial charge in [0.05, 0.1) is 18.6 Å². The summed E-state index contributed by atoms with van der Waals surface area (Å²) in [4.78, 5) is 42.0. The number of aliphatic hydroxyl groups is 1. The Bertz CT molecular complexity index is 2950. The number of nitrogens with one attached hydrogen (secondary N) is 3. The normalized spacial score (nSPS) is 41.5. The zero-order valence-corrected chi connectivity index (χ0v) is 56.9. The fourth-order valence-corrected chi connectivity index (χ4v) is 22.4. The molecule has 0 unspecified atom stereocenters. The average molecular weight is 1200 g/mol. The Balaban J connectivity index is 0.000000155. The van der Waals surface area contributed by atoms with Crippen molar-refractivity contribution in [2.75, 3.05) is 45.9 Å². The molecule has 11 aliphatic rings. The van der Waals surface area contributed by atoms with Crippen molar-refractivity contribution in [3.8, 4) is 0 Å². The summed E-state index contributed by atoms with van der Waals surface area (Å²) in [5, 5.41) is 32.7. The van der Waals surface area contributed by atoms with Crippen LogP contribution in [0.5, 0.6) is 0 Å². The molecule has 0 amide bonds. The van der Waals surface area contributed by atoms with Crippen LogP contribution in [0, 0.1) is 104 Å². The standard InChI is InChI=1S/C26H41N3O.C26H39N3O.C21H28N2O2.B.Na.H/c2*1-18-7-8-22-21(16-29-11-5-4-6-12-29)23(9-10-25(18,22)2)26(3)14-19-15-27-28-24(19)13-20(26)17-30;1-13-4-5-17-16(12-25)18(6-7-20(13,17)2)21(3)9-14-10-22-23-19(14)8-15(21)11-24;;;/h15,20-23,30H,1,4-14,16-17H2,2-3H3,(H,27,28);15,17,20-23H,1,4-14,16H2,2-3H3,(H,27,28);10-12,15-18H,1,4-9H2,2-3H3,(H,22,23);;;/q;;;;+1;-1/t2*20-,21+,22+,23+,25-,26+;15-,16+,17+,18+,20-,21+;;;/m111.../s1. The van der Waals surface area contributed by atoms with Crippen molar-refractivity contribution < 1.29 is 50.5 Å².